The molecule has 3 rings (SSSR count). The molecule has 2 aromatic carbocycles. The molecule has 3 nitrogen and oxygen atoms in total. The predicted molar refractivity (Wildman–Crippen MR) is 87.3 cm³/mol. The number of hydrogen-bond donors (Lipinski definition) is 1. The number of carbonyl (C=O) groups is 1. The lowest BCUT2D eigenvalue weighted by Gasteiger charge is -2.14. The summed E-state index contributed by atoms with van der Waals surface area (Å²) in [5.74, 6) is -0.118. The van der Waals surface area contributed by atoms with E-state index in [1.807, 2.05) is 26.2 Å². The Morgan fingerprint density at radius 3 is 2.52 bits per heavy atom. The molecular formula is C17H17ClN2O. The summed E-state index contributed by atoms with van der Waals surface area (Å²) in [5.41, 5.74) is 4.16. The molecule has 1 aliphatic heterocycles. The Morgan fingerprint density at radius 2 is 1.86 bits per heavy atom. The molecule has 2 aromatic rings. The van der Waals surface area contributed by atoms with E-state index in [1.54, 1.807) is 6.07 Å². The maximum Gasteiger partial charge on any atom is 0.232 e. The number of nitrogens with zero attached hydrogens (tertiary/aromatic N) is 1. The zero-order chi connectivity index (χ0) is 15.0. The fourth-order valence-corrected chi connectivity index (χ4v) is 2.85. The summed E-state index contributed by atoms with van der Waals surface area (Å²) in [4.78, 5) is 14.2. The molecule has 4 heteroatoms. The highest BCUT2D eigenvalue weighted by atomic mass is 35.5. The van der Waals surface area contributed by atoms with Crippen LogP contribution in [-0.4, -0.2) is 20.0 Å². The molecular weight excluding hydrogens is 284 g/mol. The molecule has 0 spiro atoms. The van der Waals surface area contributed by atoms with Crippen molar-refractivity contribution in [3.05, 3.63) is 58.6 Å². The molecule has 1 amide bonds. The summed E-state index contributed by atoms with van der Waals surface area (Å²) in [5, 5.41) is 3.58. The summed E-state index contributed by atoms with van der Waals surface area (Å²) in [6.45, 7) is 0. The lowest BCUT2D eigenvalue weighted by atomic mass is 9.93. The van der Waals surface area contributed by atoms with Gasteiger partial charge in [0.05, 0.1) is 5.92 Å². The van der Waals surface area contributed by atoms with Crippen LogP contribution in [0.25, 0.3) is 0 Å². The number of halogens is 1. The minimum atomic E-state index is -0.163. The van der Waals surface area contributed by atoms with Gasteiger partial charge in [-0.3, -0.25) is 4.79 Å². The zero-order valence-electron chi connectivity index (χ0n) is 12.1. The molecule has 1 aliphatic rings. The highest BCUT2D eigenvalue weighted by Crippen LogP contribution is 2.36. The van der Waals surface area contributed by atoms with Crippen molar-refractivity contribution in [3.8, 4) is 0 Å². The van der Waals surface area contributed by atoms with Crippen molar-refractivity contribution >= 4 is 28.9 Å². The molecule has 0 bridgehead atoms. The van der Waals surface area contributed by atoms with Gasteiger partial charge in [0.1, 0.15) is 0 Å². The largest absolute Gasteiger partial charge is 0.378 e. The minimum absolute atomic E-state index is 0.0453. The van der Waals surface area contributed by atoms with E-state index in [1.165, 1.54) is 0 Å². The number of rotatable bonds is 3. The van der Waals surface area contributed by atoms with Crippen LogP contribution < -0.4 is 10.2 Å². The Balaban J connectivity index is 1.85. The van der Waals surface area contributed by atoms with E-state index in [0.717, 1.165) is 22.5 Å². The first-order valence-electron chi connectivity index (χ1n) is 6.91. The Morgan fingerprint density at radius 1 is 1.14 bits per heavy atom. The third kappa shape index (κ3) is 2.74. The van der Waals surface area contributed by atoms with Crippen LogP contribution in [0.1, 0.15) is 17.0 Å². The number of nitrogens with one attached hydrogen (secondary N) is 1. The van der Waals surface area contributed by atoms with Gasteiger partial charge in [0.2, 0.25) is 5.91 Å². The first-order valence-corrected chi connectivity index (χ1v) is 7.29. The molecule has 21 heavy (non-hydrogen) atoms. The zero-order valence-corrected chi connectivity index (χ0v) is 12.8. The molecule has 0 saturated heterocycles. The number of hydrogen-bond acceptors (Lipinski definition) is 2. The second kappa shape index (κ2) is 5.41. The minimum Gasteiger partial charge on any atom is -0.378 e. The van der Waals surface area contributed by atoms with Gasteiger partial charge in [0.25, 0.3) is 0 Å². The van der Waals surface area contributed by atoms with Crippen molar-refractivity contribution in [3.63, 3.8) is 0 Å². The van der Waals surface area contributed by atoms with Crippen LogP contribution in [0.4, 0.5) is 11.4 Å². The van der Waals surface area contributed by atoms with E-state index in [0.29, 0.717) is 11.4 Å². The van der Waals surface area contributed by atoms with Gasteiger partial charge in [-0.1, -0.05) is 23.7 Å². The molecule has 0 aromatic heterocycles. The fourth-order valence-electron chi connectivity index (χ4n) is 2.67. The van der Waals surface area contributed by atoms with Gasteiger partial charge in [-0.15, -0.1) is 0 Å². The molecule has 0 unspecified atom stereocenters. The number of carbonyl (C=O) groups excluding carboxylic acids is 1. The second-order valence-electron chi connectivity index (χ2n) is 5.54. The van der Waals surface area contributed by atoms with Crippen molar-refractivity contribution in [1.82, 2.24) is 0 Å². The SMILES string of the molecule is CN(C)c1ccc(C[C@@H]2C(=O)Nc3ccc(Cl)cc32)cc1. The molecule has 1 heterocycles. The van der Waals surface area contributed by atoms with Gasteiger partial charge in [-0.05, 0) is 47.9 Å². The average Bonchev–Trinajstić information content (AvgIpc) is 2.76. The van der Waals surface area contributed by atoms with Crippen LogP contribution >= 0.6 is 11.6 Å². The van der Waals surface area contributed by atoms with Crippen molar-refractivity contribution < 1.29 is 4.79 Å². The van der Waals surface area contributed by atoms with Crippen LogP contribution in [0.5, 0.6) is 0 Å². The van der Waals surface area contributed by atoms with Crippen LogP contribution in [0.3, 0.4) is 0 Å². The lowest BCUT2D eigenvalue weighted by molar-refractivity contribution is -0.117. The molecule has 1 N–H and O–H groups in total. The van der Waals surface area contributed by atoms with E-state index in [-0.39, 0.29) is 11.8 Å². The maximum atomic E-state index is 12.2. The summed E-state index contributed by atoms with van der Waals surface area (Å²) >= 11 is 6.05. The van der Waals surface area contributed by atoms with E-state index in [4.69, 9.17) is 11.6 Å². The topological polar surface area (TPSA) is 32.3 Å². The van der Waals surface area contributed by atoms with Gasteiger partial charge in [-0.25, -0.2) is 0 Å². The van der Waals surface area contributed by atoms with Crippen molar-refractivity contribution in [2.24, 2.45) is 0 Å². The van der Waals surface area contributed by atoms with Crippen LogP contribution in [-0.2, 0) is 11.2 Å². The van der Waals surface area contributed by atoms with Crippen molar-refractivity contribution in [2.75, 3.05) is 24.3 Å². The van der Waals surface area contributed by atoms with Crippen LogP contribution in [0, 0.1) is 0 Å². The van der Waals surface area contributed by atoms with Gasteiger partial charge >= 0.3 is 0 Å². The number of fused-ring (bicyclic) bond motifs is 1. The Bertz CT molecular complexity index is 680. The highest BCUT2D eigenvalue weighted by molar-refractivity contribution is 6.31. The summed E-state index contributed by atoms with van der Waals surface area (Å²) in [6.07, 6.45) is 0.687. The molecule has 0 fully saturated rings. The molecule has 0 radical (unpaired) electrons. The van der Waals surface area contributed by atoms with Crippen LogP contribution in [0.15, 0.2) is 42.5 Å². The third-order valence-electron chi connectivity index (χ3n) is 3.86. The first-order chi connectivity index (χ1) is 10.0. The smallest absolute Gasteiger partial charge is 0.232 e. The summed E-state index contributed by atoms with van der Waals surface area (Å²) < 4.78 is 0. The van der Waals surface area contributed by atoms with Crippen LogP contribution in [0.2, 0.25) is 5.02 Å². The number of anilines is 2. The Hall–Kier alpha value is -2.00. The summed E-state index contributed by atoms with van der Waals surface area (Å²) in [6, 6.07) is 13.8. The van der Waals surface area contributed by atoms with E-state index >= 15 is 0 Å². The predicted octanol–water partition coefficient (Wildman–Crippen LogP) is 3.68. The van der Waals surface area contributed by atoms with E-state index in [2.05, 4.69) is 34.5 Å². The first kappa shape index (κ1) is 14.0. The Labute approximate surface area is 129 Å². The standard InChI is InChI=1S/C17H17ClN2O/c1-20(2)13-6-3-11(4-7-13)9-15-14-10-12(18)5-8-16(14)19-17(15)21/h3-8,10,15H,9H2,1-2H3,(H,19,21)/t15-/m0/s1. The van der Waals surface area contributed by atoms with Gasteiger partial charge in [0, 0.05) is 30.5 Å². The van der Waals surface area contributed by atoms with Crippen molar-refractivity contribution in [1.29, 1.82) is 0 Å². The monoisotopic (exact) mass is 300 g/mol. The van der Waals surface area contributed by atoms with Gasteiger partial charge < -0.3 is 10.2 Å². The Kier molecular flexibility index (Phi) is 3.60. The number of benzene rings is 2. The average molecular weight is 301 g/mol. The van der Waals surface area contributed by atoms with E-state index in [9.17, 15) is 4.79 Å². The normalized spacial score (nSPS) is 16.5. The summed E-state index contributed by atoms with van der Waals surface area (Å²) in [7, 11) is 4.02. The number of amides is 1. The second-order valence-corrected chi connectivity index (χ2v) is 5.97. The molecule has 1 atom stereocenters. The fraction of sp³-hybridized carbons (Fsp3) is 0.235. The van der Waals surface area contributed by atoms with E-state index < -0.39 is 0 Å². The quantitative estimate of drug-likeness (QED) is 0.938. The molecule has 108 valence electrons. The lowest BCUT2D eigenvalue weighted by Crippen LogP contribution is -2.14. The van der Waals surface area contributed by atoms with Gasteiger partial charge in [0.15, 0.2) is 0 Å². The third-order valence-corrected chi connectivity index (χ3v) is 4.09. The van der Waals surface area contributed by atoms with Crippen molar-refractivity contribution in [2.45, 2.75) is 12.3 Å². The molecule has 0 saturated carbocycles. The maximum absolute atomic E-state index is 12.2. The highest BCUT2D eigenvalue weighted by Gasteiger charge is 2.30. The van der Waals surface area contributed by atoms with Gasteiger partial charge in [-0.2, -0.15) is 0 Å². The molecule has 0 aliphatic carbocycles.